The molecular formula is C25H22N4O6. The highest BCUT2D eigenvalue weighted by molar-refractivity contribution is 6.03. The summed E-state index contributed by atoms with van der Waals surface area (Å²) >= 11 is 0. The Morgan fingerprint density at radius 3 is 2.37 bits per heavy atom. The van der Waals surface area contributed by atoms with Crippen LogP contribution in [-0.4, -0.2) is 44.8 Å². The number of hydrogen-bond donors (Lipinski definition) is 0. The van der Waals surface area contributed by atoms with Crippen LogP contribution in [0, 0.1) is 0 Å². The summed E-state index contributed by atoms with van der Waals surface area (Å²) in [5.41, 5.74) is -0.231. The number of fused-ring (bicyclic) bond motifs is 1. The summed E-state index contributed by atoms with van der Waals surface area (Å²) in [6.07, 6.45) is 1.57. The van der Waals surface area contributed by atoms with Gasteiger partial charge in [-0.3, -0.25) is 19.1 Å². The van der Waals surface area contributed by atoms with Gasteiger partial charge in [-0.25, -0.2) is 19.1 Å². The van der Waals surface area contributed by atoms with E-state index in [4.69, 9.17) is 4.74 Å². The van der Waals surface area contributed by atoms with Crippen molar-refractivity contribution in [3.05, 3.63) is 92.8 Å². The Bertz CT molecular complexity index is 1510. The maximum atomic E-state index is 13.5. The average molecular weight is 474 g/mol. The third-order valence-corrected chi connectivity index (χ3v) is 5.30. The standard InChI is InChI=1S/C25H22N4O6/c1-3-35-24(32)17-13-19(18-11-7-8-12-26-18)27-22-21(17)23(31)29(15-20(30)34-2)25(33)28(22)14-16-9-5-4-6-10-16/h4-13H,3,14-15H2,1-2H3. The Kier molecular flexibility index (Phi) is 6.81. The van der Waals surface area contributed by atoms with Crippen LogP contribution in [0.5, 0.6) is 0 Å². The lowest BCUT2D eigenvalue weighted by Gasteiger charge is -2.16. The first kappa shape index (κ1) is 23.6. The van der Waals surface area contributed by atoms with Crippen LogP contribution in [0.25, 0.3) is 22.4 Å². The van der Waals surface area contributed by atoms with Crippen molar-refractivity contribution < 1.29 is 19.1 Å². The molecular weight excluding hydrogens is 452 g/mol. The lowest BCUT2D eigenvalue weighted by molar-refractivity contribution is -0.141. The first-order chi connectivity index (χ1) is 16.9. The van der Waals surface area contributed by atoms with E-state index in [0.717, 1.165) is 17.2 Å². The number of benzene rings is 1. The number of rotatable bonds is 7. The third-order valence-electron chi connectivity index (χ3n) is 5.30. The molecule has 1 aromatic carbocycles. The first-order valence-electron chi connectivity index (χ1n) is 10.8. The highest BCUT2D eigenvalue weighted by Gasteiger charge is 2.24. The maximum absolute atomic E-state index is 13.5. The molecule has 10 nitrogen and oxygen atoms in total. The zero-order valence-corrected chi connectivity index (χ0v) is 19.1. The molecule has 0 saturated carbocycles. The molecule has 0 saturated heterocycles. The van der Waals surface area contributed by atoms with E-state index >= 15 is 0 Å². The molecule has 4 aromatic rings. The summed E-state index contributed by atoms with van der Waals surface area (Å²) in [5.74, 6) is -1.55. The molecule has 0 spiro atoms. The number of ether oxygens (including phenoxy) is 2. The Hall–Kier alpha value is -4.60. The van der Waals surface area contributed by atoms with Gasteiger partial charge in [0.1, 0.15) is 6.54 Å². The van der Waals surface area contributed by atoms with E-state index in [2.05, 4.69) is 14.7 Å². The van der Waals surface area contributed by atoms with E-state index in [1.54, 1.807) is 31.3 Å². The summed E-state index contributed by atoms with van der Waals surface area (Å²) in [7, 11) is 1.15. The summed E-state index contributed by atoms with van der Waals surface area (Å²) in [5, 5.41) is -0.137. The summed E-state index contributed by atoms with van der Waals surface area (Å²) in [6, 6.07) is 15.7. The zero-order chi connectivity index (χ0) is 24.9. The maximum Gasteiger partial charge on any atom is 0.339 e. The molecule has 3 heterocycles. The average Bonchev–Trinajstić information content (AvgIpc) is 2.89. The number of hydrogen-bond acceptors (Lipinski definition) is 8. The first-order valence-corrected chi connectivity index (χ1v) is 10.8. The zero-order valence-electron chi connectivity index (χ0n) is 19.1. The molecule has 0 amide bonds. The molecule has 0 N–H and O–H groups in total. The number of carbonyl (C=O) groups is 2. The van der Waals surface area contributed by atoms with Gasteiger partial charge in [-0.15, -0.1) is 0 Å². The van der Waals surface area contributed by atoms with Gasteiger partial charge in [-0.05, 0) is 30.7 Å². The molecule has 10 heteroatoms. The van der Waals surface area contributed by atoms with Crippen molar-refractivity contribution in [3.8, 4) is 11.4 Å². The minimum atomic E-state index is -0.845. The van der Waals surface area contributed by atoms with Gasteiger partial charge in [0.2, 0.25) is 0 Å². The summed E-state index contributed by atoms with van der Waals surface area (Å²) in [6.45, 7) is 1.13. The molecule has 0 aliphatic rings. The predicted molar refractivity (Wildman–Crippen MR) is 127 cm³/mol. The minimum absolute atomic E-state index is 0.0174. The van der Waals surface area contributed by atoms with Gasteiger partial charge in [0.25, 0.3) is 5.56 Å². The van der Waals surface area contributed by atoms with Crippen molar-refractivity contribution >= 4 is 23.0 Å². The summed E-state index contributed by atoms with van der Waals surface area (Å²) < 4.78 is 11.9. The van der Waals surface area contributed by atoms with Crippen LogP contribution in [0.2, 0.25) is 0 Å². The van der Waals surface area contributed by atoms with E-state index in [9.17, 15) is 19.2 Å². The van der Waals surface area contributed by atoms with Crippen LogP contribution < -0.4 is 11.2 Å². The van der Waals surface area contributed by atoms with Crippen LogP contribution in [0.4, 0.5) is 0 Å². The van der Waals surface area contributed by atoms with Gasteiger partial charge in [-0.2, -0.15) is 0 Å². The van der Waals surface area contributed by atoms with Crippen molar-refractivity contribution in [3.63, 3.8) is 0 Å². The van der Waals surface area contributed by atoms with Gasteiger partial charge in [0, 0.05) is 6.20 Å². The molecule has 178 valence electrons. The largest absolute Gasteiger partial charge is 0.468 e. The number of esters is 2. The highest BCUT2D eigenvalue weighted by Crippen LogP contribution is 2.22. The molecule has 4 rings (SSSR count). The quantitative estimate of drug-likeness (QED) is 0.373. The molecule has 0 atom stereocenters. The number of aromatic nitrogens is 4. The molecule has 0 aliphatic carbocycles. The van der Waals surface area contributed by atoms with Crippen molar-refractivity contribution in [2.75, 3.05) is 13.7 Å². The fourth-order valence-corrected chi connectivity index (χ4v) is 3.65. The van der Waals surface area contributed by atoms with Crippen LogP contribution in [0.1, 0.15) is 22.8 Å². The fourth-order valence-electron chi connectivity index (χ4n) is 3.65. The van der Waals surface area contributed by atoms with Crippen molar-refractivity contribution in [2.45, 2.75) is 20.0 Å². The van der Waals surface area contributed by atoms with Crippen LogP contribution in [0.15, 0.2) is 70.4 Å². The van der Waals surface area contributed by atoms with Gasteiger partial charge in [-0.1, -0.05) is 36.4 Å². The van der Waals surface area contributed by atoms with Gasteiger partial charge in [0.15, 0.2) is 5.65 Å². The van der Waals surface area contributed by atoms with E-state index < -0.39 is 29.7 Å². The summed E-state index contributed by atoms with van der Waals surface area (Å²) in [4.78, 5) is 60.7. The smallest absolute Gasteiger partial charge is 0.339 e. The van der Waals surface area contributed by atoms with Gasteiger partial charge in [0.05, 0.1) is 42.6 Å². The van der Waals surface area contributed by atoms with Crippen LogP contribution in [0.3, 0.4) is 0 Å². The van der Waals surface area contributed by atoms with E-state index in [1.807, 2.05) is 30.3 Å². The van der Waals surface area contributed by atoms with Crippen LogP contribution >= 0.6 is 0 Å². The molecule has 0 unspecified atom stereocenters. The SMILES string of the molecule is CCOC(=O)c1cc(-c2ccccn2)nc2c1c(=O)n(CC(=O)OC)c(=O)n2Cc1ccccc1. The second-order valence-corrected chi connectivity index (χ2v) is 7.51. The molecule has 0 fully saturated rings. The Morgan fingerprint density at radius 1 is 0.971 bits per heavy atom. The second kappa shape index (κ2) is 10.1. The number of nitrogens with zero attached hydrogens (tertiary/aromatic N) is 4. The van der Waals surface area contributed by atoms with Crippen LogP contribution in [-0.2, 0) is 27.4 Å². The van der Waals surface area contributed by atoms with Gasteiger partial charge < -0.3 is 9.47 Å². The van der Waals surface area contributed by atoms with Gasteiger partial charge >= 0.3 is 17.6 Å². The number of methoxy groups -OCH3 is 1. The third kappa shape index (κ3) is 4.72. The monoisotopic (exact) mass is 474 g/mol. The second-order valence-electron chi connectivity index (χ2n) is 7.51. The van der Waals surface area contributed by atoms with E-state index in [1.165, 1.54) is 10.6 Å². The molecule has 0 bridgehead atoms. The topological polar surface area (TPSA) is 122 Å². The number of carbonyl (C=O) groups excluding carboxylic acids is 2. The Morgan fingerprint density at radius 2 is 1.71 bits per heavy atom. The molecule has 0 aliphatic heterocycles. The highest BCUT2D eigenvalue weighted by atomic mass is 16.5. The predicted octanol–water partition coefficient (Wildman–Crippen LogP) is 2.02. The molecule has 3 aromatic heterocycles. The van der Waals surface area contributed by atoms with Crippen molar-refractivity contribution in [1.29, 1.82) is 0 Å². The minimum Gasteiger partial charge on any atom is -0.468 e. The lowest BCUT2D eigenvalue weighted by Crippen LogP contribution is -2.43. The van der Waals surface area contributed by atoms with Crippen molar-refractivity contribution in [2.24, 2.45) is 0 Å². The van der Waals surface area contributed by atoms with E-state index in [-0.39, 0.29) is 35.4 Å². The molecule has 35 heavy (non-hydrogen) atoms. The molecule has 0 radical (unpaired) electrons. The number of pyridine rings is 2. The van der Waals surface area contributed by atoms with Crippen molar-refractivity contribution in [1.82, 2.24) is 19.1 Å². The normalized spacial score (nSPS) is 10.8. The Balaban J connectivity index is 2.11. The van der Waals surface area contributed by atoms with E-state index in [0.29, 0.717) is 5.69 Å². The Labute approximate surface area is 199 Å². The fraction of sp³-hybridized carbons (Fsp3) is 0.200. The lowest BCUT2D eigenvalue weighted by atomic mass is 10.1.